The molecule has 1 aromatic carbocycles. The molecule has 0 spiro atoms. The Morgan fingerprint density at radius 1 is 0.574 bits per heavy atom. The highest BCUT2D eigenvalue weighted by Gasteiger charge is 2.41. The second kappa shape index (κ2) is 33.2. The number of hydrogen-bond acceptors (Lipinski definition) is 5. The third-order valence-corrected chi connectivity index (χ3v) is 12.1. The van der Waals surface area contributed by atoms with Crippen molar-refractivity contribution in [3.05, 3.63) is 24.3 Å². The minimum Gasteiger partial charge on any atom is -0.481 e. The van der Waals surface area contributed by atoms with Crippen molar-refractivity contribution in [3.63, 3.8) is 0 Å². The van der Waals surface area contributed by atoms with Crippen LogP contribution in [-0.2, 0) is 13.8 Å². The van der Waals surface area contributed by atoms with Gasteiger partial charge in [0.2, 0.25) is 5.16 Å². The van der Waals surface area contributed by atoms with Gasteiger partial charge in [0, 0.05) is 0 Å². The second-order valence-electron chi connectivity index (χ2n) is 16.5. The molecule has 0 unspecified atom stereocenters. The second-order valence-corrected chi connectivity index (χ2v) is 17.2. The zero-order chi connectivity index (χ0) is 38.8. The monoisotopic (exact) mass is 771 g/mol. The first-order valence-electron chi connectivity index (χ1n) is 23.1. The molecule has 7 heteroatoms. The van der Waals surface area contributed by atoms with Crippen molar-refractivity contribution in [2.75, 3.05) is 0 Å². The van der Waals surface area contributed by atoms with Gasteiger partial charge in [-0.2, -0.15) is 0 Å². The number of aromatic nitrogens is 2. The van der Waals surface area contributed by atoms with Gasteiger partial charge in [-0.05, 0) is 25.0 Å². The first-order valence-corrected chi connectivity index (χ1v) is 23.8. The lowest BCUT2D eigenvalue weighted by Gasteiger charge is -2.29. The fourth-order valence-corrected chi connectivity index (χ4v) is 8.64. The Bertz CT molecular complexity index is 1110. The van der Waals surface area contributed by atoms with Gasteiger partial charge < -0.3 is 14.3 Å². The van der Waals surface area contributed by atoms with Crippen molar-refractivity contribution in [1.82, 2.24) is 9.97 Å². The van der Waals surface area contributed by atoms with Crippen LogP contribution in [0.2, 0.25) is 0 Å². The molecule has 0 aliphatic rings. The maximum atomic E-state index is 13.8. The SMILES string of the molecule is CCCCCCCCCCCCCCCCCCC(CCCCCCCCCCCCCCCCCC)(CC(=O)O)C(=O)OSc1nc2ccccc2[nH]1. The molecule has 310 valence electrons. The van der Waals surface area contributed by atoms with Crippen molar-refractivity contribution in [3.8, 4) is 0 Å². The number of nitrogens with one attached hydrogen (secondary N) is 1. The number of para-hydroxylation sites is 2. The molecule has 2 N–H and O–H groups in total. The Hall–Kier alpha value is -2.02. The quantitative estimate of drug-likeness (QED) is 0.0519. The normalized spacial score (nSPS) is 11.8. The lowest BCUT2D eigenvalue weighted by molar-refractivity contribution is -0.153. The van der Waals surface area contributed by atoms with E-state index in [-0.39, 0.29) is 6.42 Å². The molecule has 0 radical (unpaired) electrons. The standard InChI is InChI=1S/C47H82N2O4S/c1-3-5-7-9-11-13-15-17-19-21-23-25-27-29-31-35-39-47(41-44(50)51,45(52)53-54-46-48-42-37-33-34-38-43(42)49-46)40-36-32-30-28-26-24-22-20-18-16-14-12-10-8-6-4-2/h33-34,37-38H,3-32,35-36,39-41H2,1-2H3,(H,48,49)(H,50,51). The molecule has 0 aliphatic carbocycles. The number of H-pyrrole nitrogens is 1. The Morgan fingerprint density at radius 2 is 0.926 bits per heavy atom. The molecule has 0 aliphatic heterocycles. The maximum Gasteiger partial charge on any atom is 0.325 e. The Kier molecular flexibility index (Phi) is 29.5. The van der Waals surface area contributed by atoms with Crippen LogP contribution in [0.5, 0.6) is 0 Å². The summed E-state index contributed by atoms with van der Waals surface area (Å²) < 4.78 is 5.80. The minimum atomic E-state index is -1.00. The van der Waals surface area contributed by atoms with Crippen LogP contribution in [0.25, 0.3) is 11.0 Å². The molecule has 0 amide bonds. The van der Waals surface area contributed by atoms with E-state index in [1.807, 2.05) is 24.3 Å². The Morgan fingerprint density at radius 3 is 1.28 bits per heavy atom. The summed E-state index contributed by atoms with van der Waals surface area (Å²) in [5.74, 6) is -1.33. The molecule has 0 saturated heterocycles. The molecular formula is C47H82N2O4S. The molecule has 54 heavy (non-hydrogen) atoms. The van der Waals surface area contributed by atoms with E-state index >= 15 is 0 Å². The van der Waals surface area contributed by atoms with Gasteiger partial charge in [-0.15, -0.1) is 0 Å². The van der Waals surface area contributed by atoms with E-state index in [2.05, 4.69) is 23.8 Å². The topological polar surface area (TPSA) is 92.3 Å². The number of unbranched alkanes of at least 4 members (excludes halogenated alkanes) is 30. The lowest BCUT2D eigenvalue weighted by Crippen LogP contribution is -2.34. The molecule has 6 nitrogen and oxygen atoms in total. The predicted octanol–water partition coefficient (Wildman–Crippen LogP) is 15.9. The number of aromatic amines is 1. The van der Waals surface area contributed by atoms with Gasteiger partial charge in [-0.1, -0.05) is 231 Å². The van der Waals surface area contributed by atoms with Gasteiger partial charge >= 0.3 is 11.9 Å². The van der Waals surface area contributed by atoms with Gasteiger partial charge in [0.15, 0.2) is 0 Å². The van der Waals surface area contributed by atoms with Crippen molar-refractivity contribution in [2.45, 2.75) is 244 Å². The third kappa shape index (κ3) is 23.8. The summed E-state index contributed by atoms with van der Waals surface area (Å²) in [6.07, 6.45) is 42.2. The summed E-state index contributed by atoms with van der Waals surface area (Å²) in [5, 5.41) is 10.5. The zero-order valence-corrected chi connectivity index (χ0v) is 35.9. The number of aliphatic carboxylic acids is 1. The molecule has 2 aromatic rings. The number of carbonyl (C=O) groups is 2. The maximum absolute atomic E-state index is 13.8. The summed E-state index contributed by atoms with van der Waals surface area (Å²) in [5.41, 5.74) is 0.694. The van der Waals surface area contributed by atoms with Crippen molar-refractivity contribution >= 4 is 35.0 Å². The smallest absolute Gasteiger partial charge is 0.325 e. The first kappa shape index (κ1) is 48.1. The number of rotatable bonds is 39. The van der Waals surface area contributed by atoms with Gasteiger partial charge in [-0.3, -0.25) is 9.59 Å². The highest BCUT2D eigenvalue weighted by atomic mass is 32.2. The third-order valence-electron chi connectivity index (χ3n) is 11.5. The van der Waals surface area contributed by atoms with E-state index in [4.69, 9.17) is 4.18 Å². The van der Waals surface area contributed by atoms with E-state index in [0.717, 1.165) is 61.6 Å². The molecular weight excluding hydrogens is 689 g/mol. The van der Waals surface area contributed by atoms with Crippen LogP contribution in [-0.4, -0.2) is 27.0 Å². The fourth-order valence-electron chi connectivity index (χ4n) is 8.03. The van der Waals surface area contributed by atoms with Crippen LogP contribution in [0.15, 0.2) is 29.4 Å². The zero-order valence-electron chi connectivity index (χ0n) is 35.1. The number of carbonyl (C=O) groups excluding carboxylic acids is 1. The average Bonchev–Trinajstić information content (AvgIpc) is 3.59. The van der Waals surface area contributed by atoms with Crippen LogP contribution >= 0.6 is 12.0 Å². The summed E-state index contributed by atoms with van der Waals surface area (Å²) in [4.78, 5) is 33.8. The Balaban J connectivity index is 1.72. The number of nitrogens with zero attached hydrogens (tertiary/aromatic N) is 1. The van der Waals surface area contributed by atoms with Crippen molar-refractivity contribution < 1.29 is 18.9 Å². The summed E-state index contributed by atoms with van der Waals surface area (Å²) in [6, 6.07) is 7.73. The fraction of sp³-hybridized carbons (Fsp3) is 0.809. The summed E-state index contributed by atoms with van der Waals surface area (Å²) in [6.45, 7) is 4.56. The summed E-state index contributed by atoms with van der Waals surface area (Å²) >= 11 is 0.928. The van der Waals surface area contributed by atoms with Crippen molar-refractivity contribution in [2.24, 2.45) is 5.41 Å². The molecule has 0 atom stereocenters. The van der Waals surface area contributed by atoms with Gasteiger partial charge in [0.1, 0.15) is 12.0 Å². The van der Waals surface area contributed by atoms with E-state index in [1.165, 1.54) is 167 Å². The number of hydrogen-bond donors (Lipinski definition) is 2. The Labute approximate surface area is 336 Å². The van der Waals surface area contributed by atoms with Crippen LogP contribution in [0.3, 0.4) is 0 Å². The molecule has 0 bridgehead atoms. The number of fused-ring (bicyclic) bond motifs is 1. The highest BCUT2D eigenvalue weighted by molar-refractivity contribution is 7.94. The largest absolute Gasteiger partial charge is 0.481 e. The molecule has 0 saturated carbocycles. The van der Waals surface area contributed by atoms with Crippen molar-refractivity contribution in [1.29, 1.82) is 0 Å². The number of imidazole rings is 1. The van der Waals surface area contributed by atoms with Crippen LogP contribution in [0.4, 0.5) is 0 Å². The van der Waals surface area contributed by atoms with E-state index in [1.54, 1.807) is 0 Å². The molecule has 1 aromatic heterocycles. The van der Waals surface area contributed by atoms with Gasteiger partial charge in [-0.25, -0.2) is 4.98 Å². The molecule has 0 fully saturated rings. The first-order chi connectivity index (χ1) is 26.5. The molecule has 1 heterocycles. The van der Waals surface area contributed by atoms with E-state index in [9.17, 15) is 14.7 Å². The number of benzene rings is 1. The lowest BCUT2D eigenvalue weighted by atomic mass is 9.75. The van der Waals surface area contributed by atoms with E-state index in [0.29, 0.717) is 18.0 Å². The minimum absolute atomic E-state index is 0.177. The highest BCUT2D eigenvalue weighted by Crippen LogP contribution is 2.39. The van der Waals surface area contributed by atoms with Crippen LogP contribution in [0.1, 0.15) is 239 Å². The van der Waals surface area contributed by atoms with Crippen LogP contribution in [0, 0.1) is 5.41 Å². The van der Waals surface area contributed by atoms with Crippen LogP contribution < -0.4 is 0 Å². The van der Waals surface area contributed by atoms with E-state index < -0.39 is 17.4 Å². The molecule has 2 rings (SSSR count). The van der Waals surface area contributed by atoms with Gasteiger partial charge in [0.25, 0.3) is 0 Å². The average molecular weight is 771 g/mol. The van der Waals surface area contributed by atoms with Gasteiger partial charge in [0.05, 0.1) is 22.9 Å². The predicted molar refractivity (Wildman–Crippen MR) is 231 cm³/mol. The number of carboxylic acids is 1. The number of carboxylic acid groups (broad SMARTS) is 1. The summed E-state index contributed by atoms with van der Waals surface area (Å²) in [7, 11) is 0.